The highest BCUT2D eigenvalue weighted by Gasteiger charge is 2.40. The van der Waals surface area contributed by atoms with Crippen LogP contribution in [0.1, 0.15) is 39.2 Å². The Morgan fingerprint density at radius 2 is 1.95 bits per heavy atom. The highest BCUT2D eigenvalue weighted by Crippen LogP contribution is 2.27. The van der Waals surface area contributed by atoms with Crippen molar-refractivity contribution in [3.8, 4) is 0 Å². The smallest absolute Gasteiger partial charge is 0.225 e. The third-order valence-electron chi connectivity index (χ3n) is 3.72. The third kappa shape index (κ3) is 4.15. The van der Waals surface area contributed by atoms with E-state index >= 15 is 0 Å². The van der Waals surface area contributed by atoms with E-state index in [4.69, 9.17) is 0 Å². The lowest BCUT2D eigenvalue weighted by Crippen LogP contribution is -2.42. The van der Waals surface area contributed by atoms with Crippen molar-refractivity contribution in [1.29, 1.82) is 0 Å². The first kappa shape index (κ1) is 16.2. The summed E-state index contributed by atoms with van der Waals surface area (Å²) < 4.78 is 23.3. The average molecular weight is 308 g/mol. The second kappa shape index (κ2) is 5.91. The number of allylic oxidation sites excluding steroid dienone is 1. The molecular weight excluding hydrogens is 284 g/mol. The van der Waals surface area contributed by atoms with Crippen LogP contribution in [0.15, 0.2) is 36.9 Å². The minimum absolute atomic E-state index is 0.280. The molecule has 1 aromatic carbocycles. The van der Waals surface area contributed by atoms with E-state index in [-0.39, 0.29) is 6.04 Å². The molecule has 2 unspecified atom stereocenters. The van der Waals surface area contributed by atoms with E-state index in [1.54, 1.807) is 25.8 Å². The Morgan fingerprint density at radius 1 is 1.33 bits per heavy atom. The molecule has 0 saturated carbocycles. The molecular formula is C16H24N2O2S. The molecule has 1 heterocycles. The molecule has 0 amide bonds. The molecule has 0 aromatic heterocycles. The number of benzene rings is 1. The van der Waals surface area contributed by atoms with Crippen LogP contribution in [0.25, 0.3) is 5.57 Å². The zero-order valence-electron chi connectivity index (χ0n) is 13.0. The minimum atomic E-state index is -3.30. The SMILES string of the molecule is C=C(CCC1CN1NS(=O)(=O)C(C)(C)C)c1ccccc1. The van der Waals surface area contributed by atoms with Gasteiger partial charge in [-0.3, -0.25) is 0 Å². The van der Waals surface area contributed by atoms with Crippen molar-refractivity contribution in [3.63, 3.8) is 0 Å². The van der Waals surface area contributed by atoms with Gasteiger partial charge in [0.25, 0.3) is 0 Å². The van der Waals surface area contributed by atoms with Crippen LogP contribution in [0.4, 0.5) is 0 Å². The first-order chi connectivity index (χ1) is 9.71. The van der Waals surface area contributed by atoms with Crippen LogP contribution in [0.3, 0.4) is 0 Å². The highest BCUT2D eigenvalue weighted by atomic mass is 32.2. The number of nitrogens with zero attached hydrogens (tertiary/aromatic N) is 1. The number of rotatable bonds is 6. The molecule has 2 atom stereocenters. The maximum atomic E-state index is 12.0. The van der Waals surface area contributed by atoms with Gasteiger partial charge >= 0.3 is 0 Å². The Morgan fingerprint density at radius 3 is 2.52 bits per heavy atom. The average Bonchev–Trinajstić information content (AvgIpc) is 3.13. The lowest BCUT2D eigenvalue weighted by atomic mass is 10.0. The Hall–Kier alpha value is -1.17. The summed E-state index contributed by atoms with van der Waals surface area (Å²) in [6.07, 6.45) is 1.79. The van der Waals surface area contributed by atoms with Gasteiger partial charge < -0.3 is 0 Å². The lowest BCUT2D eigenvalue weighted by molar-refractivity contribution is 0.429. The third-order valence-corrected chi connectivity index (χ3v) is 5.81. The van der Waals surface area contributed by atoms with Gasteiger partial charge in [0.15, 0.2) is 0 Å². The van der Waals surface area contributed by atoms with E-state index in [9.17, 15) is 8.42 Å². The summed E-state index contributed by atoms with van der Waals surface area (Å²) >= 11 is 0. The number of hydrogen-bond donors (Lipinski definition) is 1. The van der Waals surface area contributed by atoms with Crippen molar-refractivity contribution < 1.29 is 8.42 Å². The van der Waals surface area contributed by atoms with Crippen molar-refractivity contribution >= 4 is 15.6 Å². The number of nitrogens with one attached hydrogen (secondary N) is 1. The summed E-state index contributed by atoms with van der Waals surface area (Å²) in [6, 6.07) is 10.4. The van der Waals surface area contributed by atoms with Crippen molar-refractivity contribution in [2.75, 3.05) is 6.54 Å². The fourth-order valence-electron chi connectivity index (χ4n) is 1.99. The summed E-state index contributed by atoms with van der Waals surface area (Å²) in [5.41, 5.74) is 2.25. The molecule has 0 aliphatic carbocycles. The Labute approximate surface area is 127 Å². The van der Waals surface area contributed by atoms with E-state index in [0.29, 0.717) is 0 Å². The van der Waals surface area contributed by atoms with Crippen LogP contribution in [0.2, 0.25) is 0 Å². The molecule has 1 fully saturated rings. The predicted molar refractivity (Wildman–Crippen MR) is 87.0 cm³/mol. The topological polar surface area (TPSA) is 49.2 Å². The van der Waals surface area contributed by atoms with Crippen molar-refractivity contribution in [3.05, 3.63) is 42.5 Å². The molecule has 0 spiro atoms. The maximum Gasteiger partial charge on any atom is 0.229 e. The number of sulfonamides is 1. The van der Waals surface area contributed by atoms with Crippen LogP contribution >= 0.6 is 0 Å². The molecule has 1 N–H and O–H groups in total. The normalized spacial score (nSPS) is 22.0. The van der Waals surface area contributed by atoms with Crippen LogP contribution in [-0.4, -0.2) is 30.8 Å². The summed E-state index contributed by atoms with van der Waals surface area (Å²) in [7, 11) is -3.30. The largest absolute Gasteiger partial charge is 0.229 e. The summed E-state index contributed by atoms with van der Waals surface area (Å²) in [4.78, 5) is 2.66. The monoisotopic (exact) mass is 308 g/mol. The van der Waals surface area contributed by atoms with E-state index < -0.39 is 14.8 Å². The van der Waals surface area contributed by atoms with E-state index in [1.807, 2.05) is 18.2 Å². The van der Waals surface area contributed by atoms with Gasteiger partial charge in [-0.25, -0.2) is 13.4 Å². The molecule has 1 saturated heterocycles. The molecule has 0 radical (unpaired) electrons. The van der Waals surface area contributed by atoms with Gasteiger partial charge in [0.2, 0.25) is 10.0 Å². The van der Waals surface area contributed by atoms with Crippen LogP contribution < -0.4 is 4.83 Å². The van der Waals surface area contributed by atoms with E-state index in [0.717, 1.165) is 30.5 Å². The van der Waals surface area contributed by atoms with Crippen LogP contribution in [-0.2, 0) is 10.0 Å². The maximum absolute atomic E-state index is 12.0. The molecule has 1 aliphatic heterocycles. The molecule has 4 nitrogen and oxygen atoms in total. The zero-order valence-corrected chi connectivity index (χ0v) is 13.8. The van der Waals surface area contributed by atoms with Gasteiger partial charge in [0.05, 0.1) is 4.75 Å². The van der Waals surface area contributed by atoms with Gasteiger partial charge in [0, 0.05) is 12.6 Å². The van der Waals surface area contributed by atoms with Crippen LogP contribution in [0.5, 0.6) is 0 Å². The second-order valence-corrected chi connectivity index (χ2v) is 8.94. The molecule has 116 valence electrons. The van der Waals surface area contributed by atoms with Gasteiger partial charge in [-0.15, -0.1) is 4.83 Å². The first-order valence-corrected chi connectivity index (χ1v) is 8.71. The van der Waals surface area contributed by atoms with E-state index in [1.165, 1.54) is 0 Å². The summed E-state index contributed by atoms with van der Waals surface area (Å²) in [6.45, 7) is 9.98. The lowest BCUT2D eigenvalue weighted by Gasteiger charge is -2.20. The van der Waals surface area contributed by atoms with Gasteiger partial charge in [-0.05, 0) is 44.7 Å². The van der Waals surface area contributed by atoms with Crippen molar-refractivity contribution in [2.45, 2.75) is 44.4 Å². The molecule has 5 heteroatoms. The fourth-order valence-corrected chi connectivity index (χ4v) is 2.80. The number of hydrogen-bond acceptors (Lipinski definition) is 3. The summed E-state index contributed by atoms with van der Waals surface area (Å²) in [5, 5.41) is 1.79. The Balaban J connectivity index is 1.80. The van der Waals surface area contributed by atoms with E-state index in [2.05, 4.69) is 23.5 Å². The van der Waals surface area contributed by atoms with Crippen molar-refractivity contribution in [1.82, 2.24) is 9.84 Å². The quantitative estimate of drug-likeness (QED) is 0.822. The zero-order chi connectivity index (χ0) is 15.7. The van der Waals surface area contributed by atoms with Crippen LogP contribution in [0, 0.1) is 0 Å². The fraction of sp³-hybridized carbons (Fsp3) is 0.500. The van der Waals surface area contributed by atoms with Gasteiger partial charge in [-0.1, -0.05) is 36.9 Å². The molecule has 1 aromatic rings. The molecule has 0 bridgehead atoms. The first-order valence-electron chi connectivity index (χ1n) is 7.22. The van der Waals surface area contributed by atoms with Crippen molar-refractivity contribution in [2.24, 2.45) is 0 Å². The Bertz CT molecular complexity index is 603. The van der Waals surface area contributed by atoms with Gasteiger partial charge in [0.1, 0.15) is 0 Å². The molecule has 1 aliphatic rings. The standard InChI is InChI=1S/C16H24N2O2S/c1-13(14-8-6-5-7-9-14)10-11-15-12-18(15)17-21(19,20)16(2,3)4/h5-9,15,17H,1,10-12H2,2-4H3. The Kier molecular flexibility index (Phi) is 4.56. The van der Waals surface area contributed by atoms with Gasteiger partial charge in [-0.2, -0.15) is 0 Å². The highest BCUT2D eigenvalue weighted by molar-refractivity contribution is 7.90. The molecule has 21 heavy (non-hydrogen) atoms. The minimum Gasteiger partial charge on any atom is -0.225 e. The second-order valence-electron chi connectivity index (χ2n) is 6.52. The molecule has 2 rings (SSSR count). The number of hydrazine groups is 1. The summed E-state index contributed by atoms with van der Waals surface area (Å²) in [5.74, 6) is 0. The predicted octanol–water partition coefficient (Wildman–Crippen LogP) is 2.80.